The highest BCUT2D eigenvalue weighted by atomic mass is 32.2. The quantitative estimate of drug-likeness (QED) is 0.202. The second kappa shape index (κ2) is 12.7. The molecule has 1 nitrogen and oxygen atoms in total. The first kappa shape index (κ1) is 23.6. The fourth-order valence-corrected chi connectivity index (χ4v) is 5.89. The molecule has 31 heavy (non-hydrogen) atoms. The van der Waals surface area contributed by atoms with Crippen LogP contribution in [0.15, 0.2) is 91.0 Å². The fraction of sp³-hybridized carbons (Fsp3) is 0.379. The van der Waals surface area contributed by atoms with Gasteiger partial charge >= 0.3 is 0 Å². The highest BCUT2D eigenvalue weighted by molar-refractivity contribution is 8.00. The zero-order chi connectivity index (χ0) is 21.8. The Kier molecular flexibility index (Phi) is 9.71. The second-order valence-corrected chi connectivity index (χ2v) is 9.65. The lowest BCUT2D eigenvalue weighted by Crippen LogP contribution is -2.26. The Balaban J connectivity index is 1.74. The van der Waals surface area contributed by atoms with Crippen LogP contribution in [0.3, 0.4) is 0 Å². The summed E-state index contributed by atoms with van der Waals surface area (Å²) in [4.78, 5) is 2.46. The maximum atomic E-state index is 2.46. The van der Waals surface area contributed by atoms with Crippen molar-refractivity contribution >= 4 is 11.8 Å². The van der Waals surface area contributed by atoms with Crippen molar-refractivity contribution in [2.75, 3.05) is 25.9 Å². The van der Waals surface area contributed by atoms with Crippen LogP contribution in [-0.2, 0) is 4.75 Å². The van der Waals surface area contributed by atoms with Crippen LogP contribution in [0, 0.1) is 0 Å². The highest BCUT2D eigenvalue weighted by Crippen LogP contribution is 2.48. The smallest absolute Gasteiger partial charge is 0.0906 e. The van der Waals surface area contributed by atoms with E-state index in [-0.39, 0.29) is 4.75 Å². The van der Waals surface area contributed by atoms with E-state index < -0.39 is 0 Å². The van der Waals surface area contributed by atoms with Gasteiger partial charge in [0.05, 0.1) is 4.75 Å². The predicted octanol–water partition coefficient (Wildman–Crippen LogP) is 7.61. The van der Waals surface area contributed by atoms with Crippen molar-refractivity contribution in [1.29, 1.82) is 0 Å². The molecule has 0 radical (unpaired) electrons. The molecule has 0 unspecified atom stereocenters. The van der Waals surface area contributed by atoms with Gasteiger partial charge in [-0.15, -0.1) is 11.8 Å². The third-order valence-electron chi connectivity index (χ3n) is 5.90. The molecule has 0 aromatic heterocycles. The van der Waals surface area contributed by atoms with E-state index in [4.69, 9.17) is 0 Å². The van der Waals surface area contributed by atoms with Gasteiger partial charge in [-0.3, -0.25) is 0 Å². The molecule has 3 aromatic rings. The zero-order valence-electron chi connectivity index (χ0n) is 19.2. The third kappa shape index (κ3) is 6.48. The average molecular weight is 432 g/mol. The van der Waals surface area contributed by atoms with E-state index in [1.165, 1.54) is 61.9 Å². The minimum atomic E-state index is -0.175. The molecule has 0 saturated heterocycles. The number of hydrogen-bond acceptors (Lipinski definition) is 2. The van der Waals surface area contributed by atoms with Crippen LogP contribution in [-0.4, -0.2) is 30.8 Å². The summed E-state index contributed by atoms with van der Waals surface area (Å²) >= 11 is 2.09. The number of hydrogen-bond donors (Lipinski definition) is 0. The van der Waals surface area contributed by atoms with Crippen molar-refractivity contribution in [3.63, 3.8) is 0 Å². The topological polar surface area (TPSA) is 3.24 Å². The summed E-state index contributed by atoms with van der Waals surface area (Å²) in [6, 6.07) is 33.1. The molecule has 3 rings (SSSR count). The van der Waals surface area contributed by atoms with Gasteiger partial charge in [-0.2, -0.15) is 0 Å². The van der Waals surface area contributed by atoms with Gasteiger partial charge in [0.1, 0.15) is 0 Å². The lowest BCUT2D eigenvalue weighted by molar-refractivity contribution is 0.325. The molecule has 164 valence electrons. The molecule has 0 aliphatic carbocycles. The Morgan fingerprint density at radius 1 is 0.613 bits per heavy atom. The van der Waals surface area contributed by atoms with Crippen LogP contribution in [0.25, 0.3) is 0 Å². The molecule has 0 amide bonds. The highest BCUT2D eigenvalue weighted by Gasteiger charge is 2.36. The van der Waals surface area contributed by atoms with Crippen molar-refractivity contribution < 1.29 is 0 Å². The average Bonchev–Trinajstić information content (AvgIpc) is 2.83. The van der Waals surface area contributed by atoms with Crippen LogP contribution >= 0.6 is 11.8 Å². The maximum absolute atomic E-state index is 2.46. The van der Waals surface area contributed by atoms with Gasteiger partial charge in [0, 0.05) is 0 Å². The first-order valence-corrected chi connectivity index (χ1v) is 12.7. The van der Waals surface area contributed by atoms with Gasteiger partial charge in [0.25, 0.3) is 0 Å². The lowest BCUT2D eigenvalue weighted by atomic mass is 9.84. The van der Waals surface area contributed by atoms with E-state index in [0.717, 1.165) is 5.75 Å². The van der Waals surface area contributed by atoms with Gasteiger partial charge in [0.15, 0.2) is 0 Å². The van der Waals surface area contributed by atoms with Crippen molar-refractivity contribution in [3.8, 4) is 0 Å². The molecule has 0 N–H and O–H groups in total. The normalized spacial score (nSPS) is 11.7. The molecular weight excluding hydrogens is 394 g/mol. The summed E-state index contributed by atoms with van der Waals surface area (Å²) in [6.45, 7) is 4.69. The number of nitrogens with zero attached hydrogens (tertiary/aromatic N) is 1. The van der Waals surface area contributed by atoms with Gasteiger partial charge in [-0.05, 0) is 61.8 Å². The number of unbranched alkanes of at least 4 members (excludes halogenated alkanes) is 3. The number of benzene rings is 3. The Labute approximate surface area is 193 Å². The van der Waals surface area contributed by atoms with Crippen molar-refractivity contribution in [2.45, 2.75) is 43.8 Å². The second-order valence-electron chi connectivity index (χ2n) is 8.35. The summed E-state index contributed by atoms with van der Waals surface area (Å²) in [6.07, 6.45) is 6.44. The Hall–Kier alpha value is -2.03. The minimum absolute atomic E-state index is 0.175. The Morgan fingerprint density at radius 2 is 1.06 bits per heavy atom. The molecule has 0 bridgehead atoms. The van der Waals surface area contributed by atoms with E-state index in [1.54, 1.807) is 0 Å². The summed E-state index contributed by atoms with van der Waals surface area (Å²) in [7, 11) is 2.24. The zero-order valence-corrected chi connectivity index (χ0v) is 20.0. The largest absolute Gasteiger partial charge is 0.306 e. The van der Waals surface area contributed by atoms with Crippen LogP contribution < -0.4 is 0 Å². The molecule has 0 fully saturated rings. The van der Waals surface area contributed by atoms with E-state index in [1.807, 2.05) is 0 Å². The fourth-order valence-electron chi connectivity index (χ4n) is 4.32. The van der Waals surface area contributed by atoms with Crippen molar-refractivity contribution in [3.05, 3.63) is 108 Å². The third-order valence-corrected chi connectivity index (χ3v) is 7.53. The van der Waals surface area contributed by atoms with Crippen LogP contribution in [0.4, 0.5) is 0 Å². The molecule has 0 spiro atoms. The first-order valence-electron chi connectivity index (χ1n) is 11.8. The molecule has 0 atom stereocenters. The van der Waals surface area contributed by atoms with Gasteiger partial charge in [0.2, 0.25) is 0 Å². The maximum Gasteiger partial charge on any atom is 0.0906 e. The summed E-state index contributed by atoms with van der Waals surface area (Å²) in [5, 5.41) is 0. The van der Waals surface area contributed by atoms with Crippen LogP contribution in [0.1, 0.15) is 55.7 Å². The first-order chi connectivity index (χ1) is 15.3. The van der Waals surface area contributed by atoms with Gasteiger partial charge in [-0.1, -0.05) is 111 Å². The SMILES string of the molecule is CCCN(C)CCCCCCSC(c1ccccc1)(c1ccccc1)c1ccccc1. The van der Waals surface area contributed by atoms with Crippen LogP contribution in [0.5, 0.6) is 0 Å². The standard InChI is InChI=1S/C29H37NS/c1-3-23-30(2)24-15-4-5-16-25-31-29(26-17-9-6-10-18-26,27-19-11-7-12-20-27)28-21-13-8-14-22-28/h6-14,17-22H,3-5,15-16,23-25H2,1-2H3. The summed E-state index contributed by atoms with van der Waals surface area (Å²) < 4.78 is -0.175. The Bertz CT molecular complexity index is 751. The summed E-state index contributed by atoms with van der Waals surface area (Å²) in [5.74, 6) is 1.16. The van der Waals surface area contributed by atoms with Crippen molar-refractivity contribution in [1.82, 2.24) is 4.90 Å². The molecule has 0 aliphatic heterocycles. The minimum Gasteiger partial charge on any atom is -0.306 e. The Morgan fingerprint density at radius 3 is 1.52 bits per heavy atom. The van der Waals surface area contributed by atoms with E-state index in [2.05, 4.69) is 122 Å². The predicted molar refractivity (Wildman–Crippen MR) is 138 cm³/mol. The monoisotopic (exact) mass is 431 g/mol. The van der Waals surface area contributed by atoms with E-state index in [0.29, 0.717) is 0 Å². The molecule has 2 heteroatoms. The van der Waals surface area contributed by atoms with E-state index >= 15 is 0 Å². The lowest BCUT2D eigenvalue weighted by Gasteiger charge is -2.35. The molecular formula is C29H37NS. The number of thioether (sulfide) groups is 1. The molecule has 0 heterocycles. The van der Waals surface area contributed by atoms with Gasteiger partial charge < -0.3 is 4.90 Å². The van der Waals surface area contributed by atoms with Gasteiger partial charge in [-0.25, -0.2) is 0 Å². The van der Waals surface area contributed by atoms with E-state index in [9.17, 15) is 0 Å². The molecule has 3 aromatic carbocycles. The summed E-state index contributed by atoms with van der Waals surface area (Å²) in [5.41, 5.74) is 4.08. The van der Waals surface area contributed by atoms with Crippen LogP contribution in [0.2, 0.25) is 0 Å². The number of rotatable bonds is 13. The molecule has 0 saturated carbocycles. The molecule has 0 aliphatic rings. The van der Waals surface area contributed by atoms with Crippen molar-refractivity contribution in [2.24, 2.45) is 0 Å².